The summed E-state index contributed by atoms with van der Waals surface area (Å²) in [5, 5.41) is 16.4. The second kappa shape index (κ2) is 4.27. The summed E-state index contributed by atoms with van der Waals surface area (Å²) in [5.41, 5.74) is 3.87. The number of rotatable bonds is 1. The molecular formula is C15H14N2O. The molecule has 1 aliphatic heterocycles. The molecule has 2 aromatic carbocycles. The van der Waals surface area contributed by atoms with Gasteiger partial charge in [0.2, 0.25) is 0 Å². The lowest BCUT2D eigenvalue weighted by Crippen LogP contribution is -2.28. The Morgan fingerprint density at radius 1 is 1.06 bits per heavy atom. The largest absolute Gasteiger partial charge is 0.368 e. The minimum Gasteiger partial charge on any atom is -0.368 e. The Labute approximate surface area is 106 Å². The zero-order chi connectivity index (χ0) is 12.5. The van der Waals surface area contributed by atoms with E-state index in [4.69, 9.17) is 0 Å². The molecule has 90 valence electrons. The van der Waals surface area contributed by atoms with E-state index in [0.29, 0.717) is 0 Å². The van der Waals surface area contributed by atoms with Crippen LogP contribution in [0, 0.1) is 6.92 Å². The molecule has 0 amide bonds. The van der Waals surface area contributed by atoms with Crippen LogP contribution in [0.5, 0.6) is 0 Å². The lowest BCUT2D eigenvalue weighted by molar-refractivity contribution is 0.170. The van der Waals surface area contributed by atoms with Crippen molar-refractivity contribution in [1.29, 1.82) is 0 Å². The monoisotopic (exact) mass is 238 g/mol. The Bertz CT molecular complexity index is 607. The number of anilines is 1. The van der Waals surface area contributed by atoms with Gasteiger partial charge >= 0.3 is 0 Å². The number of benzene rings is 2. The highest BCUT2D eigenvalue weighted by molar-refractivity contribution is 5.84. The number of fused-ring (bicyclic) bond motifs is 1. The zero-order valence-corrected chi connectivity index (χ0v) is 10.1. The van der Waals surface area contributed by atoms with Crippen molar-refractivity contribution in [3.05, 3.63) is 65.2 Å². The SMILES string of the molecule is Cc1ccccc1N1N=Cc2ccccc2C1O. The van der Waals surface area contributed by atoms with E-state index in [1.165, 1.54) is 0 Å². The Balaban J connectivity index is 2.06. The van der Waals surface area contributed by atoms with Crippen molar-refractivity contribution in [2.45, 2.75) is 13.2 Å². The highest BCUT2D eigenvalue weighted by Crippen LogP contribution is 2.31. The van der Waals surface area contributed by atoms with Gasteiger partial charge in [0.25, 0.3) is 0 Å². The summed E-state index contributed by atoms with van der Waals surface area (Å²) in [6.45, 7) is 2.01. The molecule has 0 saturated carbocycles. The average Bonchev–Trinajstić information content (AvgIpc) is 2.41. The van der Waals surface area contributed by atoms with Crippen LogP contribution >= 0.6 is 0 Å². The van der Waals surface area contributed by atoms with Crippen LogP contribution in [0.2, 0.25) is 0 Å². The molecule has 3 heteroatoms. The average molecular weight is 238 g/mol. The van der Waals surface area contributed by atoms with Gasteiger partial charge in [-0.2, -0.15) is 5.10 Å². The lowest BCUT2D eigenvalue weighted by atomic mass is 10.0. The zero-order valence-electron chi connectivity index (χ0n) is 10.1. The van der Waals surface area contributed by atoms with Crippen LogP contribution in [-0.2, 0) is 0 Å². The van der Waals surface area contributed by atoms with Crippen LogP contribution in [0.4, 0.5) is 5.69 Å². The molecule has 0 bridgehead atoms. The van der Waals surface area contributed by atoms with Gasteiger partial charge in [0.1, 0.15) is 0 Å². The molecule has 1 N–H and O–H groups in total. The van der Waals surface area contributed by atoms with E-state index in [9.17, 15) is 5.11 Å². The molecule has 0 spiro atoms. The minimum absolute atomic E-state index is 0.729. The quantitative estimate of drug-likeness (QED) is 0.829. The van der Waals surface area contributed by atoms with Gasteiger partial charge in [0.05, 0.1) is 11.9 Å². The predicted molar refractivity (Wildman–Crippen MR) is 72.7 cm³/mol. The maximum atomic E-state index is 10.4. The third-order valence-electron chi connectivity index (χ3n) is 3.19. The van der Waals surface area contributed by atoms with Crippen LogP contribution in [0.1, 0.15) is 22.9 Å². The normalized spacial score (nSPS) is 17.7. The highest BCUT2D eigenvalue weighted by atomic mass is 16.3. The first-order valence-electron chi connectivity index (χ1n) is 5.93. The van der Waals surface area contributed by atoms with Crippen LogP contribution in [-0.4, -0.2) is 11.3 Å². The number of para-hydroxylation sites is 1. The van der Waals surface area contributed by atoms with Crippen LogP contribution in [0.15, 0.2) is 53.6 Å². The van der Waals surface area contributed by atoms with E-state index in [1.807, 2.05) is 55.5 Å². The lowest BCUT2D eigenvalue weighted by Gasteiger charge is -2.30. The first kappa shape index (κ1) is 11.0. The van der Waals surface area contributed by atoms with Gasteiger partial charge in [0.15, 0.2) is 6.23 Å². The fourth-order valence-electron chi connectivity index (χ4n) is 2.20. The topological polar surface area (TPSA) is 35.8 Å². The van der Waals surface area contributed by atoms with Crippen molar-refractivity contribution in [2.75, 3.05) is 5.01 Å². The standard InChI is InChI=1S/C15H14N2O/c1-11-6-2-5-9-14(11)17-15(18)13-8-4-3-7-12(13)10-16-17/h2-10,15,18H,1H3. The molecule has 2 aromatic rings. The number of aliphatic hydroxyl groups is 1. The summed E-state index contributed by atoms with van der Waals surface area (Å²) < 4.78 is 0. The highest BCUT2D eigenvalue weighted by Gasteiger charge is 2.24. The van der Waals surface area contributed by atoms with Gasteiger partial charge in [-0.15, -0.1) is 0 Å². The van der Waals surface area contributed by atoms with Gasteiger partial charge in [-0.05, 0) is 18.6 Å². The Kier molecular flexibility index (Phi) is 2.61. The summed E-state index contributed by atoms with van der Waals surface area (Å²) in [4.78, 5) is 0. The Morgan fingerprint density at radius 2 is 1.78 bits per heavy atom. The first-order chi connectivity index (χ1) is 8.77. The van der Waals surface area contributed by atoms with Gasteiger partial charge in [-0.1, -0.05) is 42.5 Å². The van der Waals surface area contributed by atoms with Crippen molar-refractivity contribution in [3.8, 4) is 0 Å². The van der Waals surface area contributed by atoms with E-state index >= 15 is 0 Å². The fraction of sp³-hybridized carbons (Fsp3) is 0.133. The molecule has 0 saturated heterocycles. The van der Waals surface area contributed by atoms with Gasteiger partial charge in [-0.3, -0.25) is 0 Å². The summed E-state index contributed by atoms with van der Waals surface area (Å²) in [6.07, 6.45) is 1.06. The molecule has 0 radical (unpaired) electrons. The van der Waals surface area contributed by atoms with E-state index in [0.717, 1.165) is 22.4 Å². The van der Waals surface area contributed by atoms with E-state index in [2.05, 4.69) is 5.10 Å². The number of hydrogen-bond donors (Lipinski definition) is 1. The molecule has 1 atom stereocenters. The van der Waals surface area contributed by atoms with Gasteiger partial charge in [0, 0.05) is 11.1 Å². The Hall–Kier alpha value is -2.13. The third kappa shape index (κ3) is 1.69. The first-order valence-corrected chi connectivity index (χ1v) is 5.93. The van der Waals surface area contributed by atoms with Crippen molar-refractivity contribution in [2.24, 2.45) is 5.10 Å². The molecular weight excluding hydrogens is 224 g/mol. The van der Waals surface area contributed by atoms with E-state index < -0.39 is 6.23 Å². The van der Waals surface area contributed by atoms with E-state index in [-0.39, 0.29) is 0 Å². The predicted octanol–water partition coefficient (Wildman–Crippen LogP) is 2.84. The van der Waals surface area contributed by atoms with Crippen LogP contribution < -0.4 is 5.01 Å². The molecule has 1 heterocycles. The van der Waals surface area contributed by atoms with Crippen LogP contribution in [0.25, 0.3) is 0 Å². The van der Waals surface area contributed by atoms with Crippen molar-refractivity contribution < 1.29 is 5.11 Å². The van der Waals surface area contributed by atoms with Crippen molar-refractivity contribution >= 4 is 11.9 Å². The molecule has 3 nitrogen and oxygen atoms in total. The molecule has 1 aliphatic rings. The number of hydrazone groups is 1. The minimum atomic E-state index is -0.729. The van der Waals surface area contributed by atoms with Crippen molar-refractivity contribution in [1.82, 2.24) is 0 Å². The summed E-state index contributed by atoms with van der Waals surface area (Å²) >= 11 is 0. The van der Waals surface area contributed by atoms with Crippen LogP contribution in [0.3, 0.4) is 0 Å². The Morgan fingerprint density at radius 3 is 2.61 bits per heavy atom. The molecule has 0 aliphatic carbocycles. The summed E-state index contributed by atoms with van der Waals surface area (Å²) in [7, 11) is 0. The second-order valence-corrected chi connectivity index (χ2v) is 4.38. The van der Waals surface area contributed by atoms with Gasteiger partial charge < -0.3 is 5.11 Å². The third-order valence-corrected chi connectivity index (χ3v) is 3.19. The molecule has 1 unspecified atom stereocenters. The fourth-order valence-corrected chi connectivity index (χ4v) is 2.20. The molecule has 3 rings (SSSR count). The summed E-state index contributed by atoms with van der Waals surface area (Å²) in [5.74, 6) is 0. The maximum absolute atomic E-state index is 10.4. The van der Waals surface area contributed by atoms with E-state index in [1.54, 1.807) is 11.2 Å². The molecule has 0 fully saturated rings. The number of aliphatic hydroxyl groups excluding tert-OH is 1. The van der Waals surface area contributed by atoms with Gasteiger partial charge in [-0.25, -0.2) is 5.01 Å². The van der Waals surface area contributed by atoms with Crippen molar-refractivity contribution in [3.63, 3.8) is 0 Å². The number of nitrogens with zero attached hydrogens (tertiary/aromatic N) is 2. The molecule has 18 heavy (non-hydrogen) atoms. The smallest absolute Gasteiger partial charge is 0.174 e. The number of aryl methyl sites for hydroxylation is 1. The number of hydrogen-bond acceptors (Lipinski definition) is 3. The second-order valence-electron chi connectivity index (χ2n) is 4.38. The summed E-state index contributed by atoms with van der Waals surface area (Å²) in [6, 6.07) is 15.7. The molecule has 0 aromatic heterocycles. The maximum Gasteiger partial charge on any atom is 0.174 e.